The third-order valence-corrected chi connectivity index (χ3v) is 2.57. The van der Waals surface area contributed by atoms with Crippen molar-refractivity contribution in [3.63, 3.8) is 0 Å². The number of ether oxygens (including phenoxy) is 4. The fourth-order valence-electron chi connectivity index (χ4n) is 1.23. The molecule has 0 saturated heterocycles. The maximum atomic E-state index is 11.7. The molecule has 0 aromatic heterocycles. The lowest BCUT2D eigenvalue weighted by Gasteiger charge is -2.24. The first-order valence-corrected chi connectivity index (χ1v) is 8.22. The lowest BCUT2D eigenvalue weighted by Crippen LogP contribution is -2.36. The number of halogens is 1. The summed E-state index contributed by atoms with van der Waals surface area (Å²) in [5.41, 5.74) is -0.475. The monoisotopic (exact) mass is 369 g/mol. The van der Waals surface area contributed by atoms with Gasteiger partial charge in [0, 0.05) is 18.9 Å². The number of carbonyl (C=O) groups excluding carboxylic acids is 1. The van der Waals surface area contributed by atoms with Gasteiger partial charge in [-0.2, -0.15) is 0 Å². The predicted octanol–water partition coefficient (Wildman–Crippen LogP) is 2.30. The molecule has 126 valence electrons. The third-order valence-electron chi connectivity index (χ3n) is 2.24. The van der Waals surface area contributed by atoms with Gasteiger partial charge in [-0.05, 0) is 20.8 Å². The van der Waals surface area contributed by atoms with E-state index in [4.69, 9.17) is 18.9 Å². The van der Waals surface area contributed by atoms with Gasteiger partial charge >= 0.3 is 6.09 Å². The van der Waals surface area contributed by atoms with Gasteiger partial charge in [-0.1, -0.05) is 15.9 Å². The summed E-state index contributed by atoms with van der Waals surface area (Å²) in [5.74, 6) is 0. The van der Waals surface area contributed by atoms with Gasteiger partial charge in [0.2, 0.25) is 0 Å². The van der Waals surface area contributed by atoms with E-state index in [1.807, 2.05) is 20.8 Å². The lowest BCUT2D eigenvalue weighted by molar-refractivity contribution is 0.00634. The summed E-state index contributed by atoms with van der Waals surface area (Å²) in [7, 11) is 1.69. The molecule has 0 aliphatic carbocycles. The molecule has 0 aliphatic rings. The summed E-state index contributed by atoms with van der Waals surface area (Å²) in [4.78, 5) is 13.2. The van der Waals surface area contributed by atoms with Gasteiger partial charge in [-0.3, -0.25) is 0 Å². The maximum absolute atomic E-state index is 11.7. The summed E-state index contributed by atoms with van der Waals surface area (Å²) in [6.45, 7) is 9.34. The van der Waals surface area contributed by atoms with Crippen LogP contribution in [0.5, 0.6) is 0 Å². The molecule has 7 heteroatoms. The molecular weight excluding hydrogens is 342 g/mol. The molecule has 0 aromatic carbocycles. The summed E-state index contributed by atoms with van der Waals surface area (Å²) < 4.78 is 21.2. The highest BCUT2D eigenvalue weighted by Crippen LogP contribution is 2.08. The molecule has 0 unspecified atom stereocenters. The van der Waals surface area contributed by atoms with Crippen molar-refractivity contribution in [1.29, 1.82) is 0 Å². The van der Waals surface area contributed by atoms with Crippen molar-refractivity contribution in [2.75, 3.05) is 58.6 Å². The van der Waals surface area contributed by atoms with Gasteiger partial charge in [0.05, 0.1) is 39.6 Å². The summed E-state index contributed by atoms with van der Waals surface area (Å²) in [5, 5.41) is 0.835. The van der Waals surface area contributed by atoms with Gasteiger partial charge in [0.15, 0.2) is 0 Å². The fourth-order valence-corrected chi connectivity index (χ4v) is 1.46. The van der Waals surface area contributed by atoms with Crippen molar-refractivity contribution >= 4 is 22.0 Å². The number of hydrogen-bond donors (Lipinski definition) is 0. The SMILES string of the molecule is CN(CCOCCOCCOCCBr)C(=O)OC(C)(C)C. The first-order valence-electron chi connectivity index (χ1n) is 7.10. The van der Waals surface area contributed by atoms with E-state index in [0.717, 1.165) is 5.33 Å². The molecule has 0 saturated carbocycles. The topological polar surface area (TPSA) is 57.2 Å². The Morgan fingerprint density at radius 3 is 1.90 bits per heavy atom. The molecule has 21 heavy (non-hydrogen) atoms. The highest BCUT2D eigenvalue weighted by Gasteiger charge is 2.19. The van der Waals surface area contributed by atoms with Gasteiger partial charge in [0.1, 0.15) is 5.60 Å². The summed E-state index contributed by atoms with van der Waals surface area (Å²) in [6.07, 6.45) is -0.341. The van der Waals surface area contributed by atoms with Crippen LogP contribution in [0.25, 0.3) is 0 Å². The second-order valence-corrected chi connectivity index (χ2v) is 6.22. The number of carbonyl (C=O) groups is 1. The van der Waals surface area contributed by atoms with Gasteiger partial charge in [-0.25, -0.2) is 4.79 Å². The number of amides is 1. The Morgan fingerprint density at radius 1 is 0.952 bits per heavy atom. The molecule has 1 amide bonds. The molecule has 0 spiro atoms. The van der Waals surface area contributed by atoms with E-state index in [2.05, 4.69) is 15.9 Å². The van der Waals surface area contributed by atoms with Crippen molar-refractivity contribution in [2.45, 2.75) is 26.4 Å². The Kier molecular flexibility index (Phi) is 12.0. The zero-order valence-corrected chi connectivity index (χ0v) is 15.1. The molecule has 6 nitrogen and oxygen atoms in total. The first-order chi connectivity index (χ1) is 9.87. The van der Waals surface area contributed by atoms with Crippen LogP contribution in [0.4, 0.5) is 4.79 Å². The second kappa shape index (κ2) is 12.2. The van der Waals surface area contributed by atoms with E-state index in [0.29, 0.717) is 46.2 Å². The fraction of sp³-hybridized carbons (Fsp3) is 0.929. The Hall–Kier alpha value is -0.370. The van der Waals surface area contributed by atoms with Crippen LogP contribution in [0.2, 0.25) is 0 Å². The molecule has 0 heterocycles. The number of likely N-dealkylation sites (N-methyl/N-ethyl adjacent to an activating group) is 1. The Labute approximate surface area is 136 Å². The Balaban J connectivity index is 3.40. The molecule has 0 bridgehead atoms. The van der Waals surface area contributed by atoms with Crippen LogP contribution in [0.3, 0.4) is 0 Å². The van der Waals surface area contributed by atoms with Crippen LogP contribution in [0.1, 0.15) is 20.8 Å². The molecular formula is C14H28BrNO5. The predicted molar refractivity (Wildman–Crippen MR) is 85.1 cm³/mol. The zero-order chi connectivity index (χ0) is 16.1. The summed E-state index contributed by atoms with van der Waals surface area (Å²) in [6, 6.07) is 0. The zero-order valence-electron chi connectivity index (χ0n) is 13.5. The quantitative estimate of drug-likeness (QED) is 0.413. The van der Waals surface area contributed by atoms with Crippen LogP contribution in [0.15, 0.2) is 0 Å². The molecule has 0 aliphatic heterocycles. The molecule has 0 aromatic rings. The molecule has 0 atom stereocenters. The van der Waals surface area contributed by atoms with Crippen molar-refractivity contribution in [3.8, 4) is 0 Å². The number of hydrogen-bond acceptors (Lipinski definition) is 5. The number of alkyl halides is 1. The molecule has 0 N–H and O–H groups in total. The molecule has 0 radical (unpaired) electrons. The van der Waals surface area contributed by atoms with E-state index in [9.17, 15) is 4.79 Å². The van der Waals surface area contributed by atoms with Crippen molar-refractivity contribution in [3.05, 3.63) is 0 Å². The van der Waals surface area contributed by atoms with Crippen LogP contribution in [-0.4, -0.2) is 75.2 Å². The van der Waals surface area contributed by atoms with E-state index >= 15 is 0 Å². The summed E-state index contributed by atoms with van der Waals surface area (Å²) >= 11 is 3.28. The van der Waals surface area contributed by atoms with E-state index in [1.165, 1.54) is 4.90 Å². The largest absolute Gasteiger partial charge is 0.444 e. The first kappa shape index (κ1) is 20.6. The smallest absolute Gasteiger partial charge is 0.410 e. The average molecular weight is 370 g/mol. The minimum atomic E-state index is -0.475. The number of rotatable bonds is 11. The van der Waals surface area contributed by atoms with Gasteiger partial charge in [0.25, 0.3) is 0 Å². The van der Waals surface area contributed by atoms with Crippen LogP contribution < -0.4 is 0 Å². The van der Waals surface area contributed by atoms with E-state index in [1.54, 1.807) is 7.05 Å². The third kappa shape index (κ3) is 14.3. The molecule has 0 fully saturated rings. The van der Waals surface area contributed by atoms with Crippen LogP contribution >= 0.6 is 15.9 Å². The average Bonchev–Trinajstić information content (AvgIpc) is 2.38. The second-order valence-electron chi connectivity index (χ2n) is 5.43. The minimum absolute atomic E-state index is 0.341. The van der Waals surface area contributed by atoms with Gasteiger partial charge < -0.3 is 23.8 Å². The lowest BCUT2D eigenvalue weighted by atomic mass is 10.2. The van der Waals surface area contributed by atoms with Crippen molar-refractivity contribution in [2.24, 2.45) is 0 Å². The number of nitrogens with zero attached hydrogens (tertiary/aromatic N) is 1. The Morgan fingerprint density at radius 2 is 1.43 bits per heavy atom. The highest BCUT2D eigenvalue weighted by molar-refractivity contribution is 9.09. The van der Waals surface area contributed by atoms with Crippen molar-refractivity contribution in [1.82, 2.24) is 4.90 Å². The standard InChI is InChI=1S/C14H28BrNO5/c1-14(2,3)21-13(17)16(4)6-8-19-10-12-20-11-9-18-7-5-15/h5-12H2,1-4H3. The Bertz CT molecular complexity index is 271. The normalized spacial score (nSPS) is 11.5. The highest BCUT2D eigenvalue weighted by atomic mass is 79.9. The van der Waals surface area contributed by atoms with Crippen molar-refractivity contribution < 1.29 is 23.7 Å². The van der Waals surface area contributed by atoms with Crippen LogP contribution in [0, 0.1) is 0 Å². The minimum Gasteiger partial charge on any atom is -0.444 e. The van der Waals surface area contributed by atoms with E-state index < -0.39 is 5.60 Å². The van der Waals surface area contributed by atoms with E-state index in [-0.39, 0.29) is 6.09 Å². The maximum Gasteiger partial charge on any atom is 0.410 e. The molecule has 0 rings (SSSR count). The van der Waals surface area contributed by atoms with Gasteiger partial charge in [-0.15, -0.1) is 0 Å². The van der Waals surface area contributed by atoms with Crippen LogP contribution in [-0.2, 0) is 18.9 Å².